The van der Waals surface area contributed by atoms with E-state index in [1.165, 1.54) is 0 Å². The highest BCUT2D eigenvalue weighted by molar-refractivity contribution is 5.94. The second-order valence-corrected chi connectivity index (χ2v) is 2.87. The second-order valence-electron chi connectivity index (χ2n) is 2.87. The number of carbonyl (C=O) groups excluding carboxylic acids is 1. The smallest absolute Gasteiger partial charge is 0.355 e. The van der Waals surface area contributed by atoms with Gasteiger partial charge in [-0.2, -0.15) is 13.2 Å². The van der Waals surface area contributed by atoms with E-state index in [1.54, 1.807) is 0 Å². The lowest BCUT2D eigenvalue weighted by molar-refractivity contribution is -0.140. The molecular formula is C9H6F5NO. The molecule has 2 nitrogen and oxygen atoms in total. The number of rotatable bonds is 1. The lowest BCUT2D eigenvalue weighted by Crippen LogP contribution is -2.21. The van der Waals surface area contributed by atoms with Crippen LogP contribution in [0.15, 0.2) is 12.1 Å². The summed E-state index contributed by atoms with van der Waals surface area (Å²) in [5.41, 5.74) is -2.51. The van der Waals surface area contributed by atoms with Gasteiger partial charge in [0.25, 0.3) is 5.91 Å². The van der Waals surface area contributed by atoms with Crippen molar-refractivity contribution in [2.24, 2.45) is 0 Å². The predicted octanol–water partition coefficient (Wildman–Crippen LogP) is 2.34. The van der Waals surface area contributed by atoms with Crippen LogP contribution in [-0.4, -0.2) is 13.0 Å². The molecule has 0 aliphatic rings. The molecule has 0 spiro atoms. The first-order valence-electron chi connectivity index (χ1n) is 4.06. The first-order valence-corrected chi connectivity index (χ1v) is 4.06. The Kier molecular flexibility index (Phi) is 3.16. The van der Waals surface area contributed by atoms with E-state index in [0.717, 1.165) is 7.05 Å². The molecule has 88 valence electrons. The van der Waals surface area contributed by atoms with Crippen molar-refractivity contribution in [1.82, 2.24) is 5.32 Å². The van der Waals surface area contributed by atoms with Crippen LogP contribution in [0.25, 0.3) is 0 Å². The van der Waals surface area contributed by atoms with Crippen LogP contribution < -0.4 is 5.32 Å². The minimum atomic E-state index is -4.99. The first kappa shape index (κ1) is 12.4. The minimum absolute atomic E-state index is 0.322. The highest BCUT2D eigenvalue weighted by atomic mass is 19.4. The summed E-state index contributed by atoms with van der Waals surface area (Å²) >= 11 is 0. The molecule has 0 heterocycles. The third-order valence-electron chi connectivity index (χ3n) is 1.86. The number of nitrogens with one attached hydrogen (secondary N) is 1. The molecule has 1 aromatic carbocycles. The standard InChI is InChI=1S/C9H6F5NO/c1-15-8(16)4-2-3-5(9(12,13)14)7(11)6(4)10/h2-3H,1H3,(H,15,16). The summed E-state index contributed by atoms with van der Waals surface area (Å²) < 4.78 is 62.5. The van der Waals surface area contributed by atoms with E-state index in [4.69, 9.17) is 0 Å². The monoisotopic (exact) mass is 239 g/mol. The van der Waals surface area contributed by atoms with Gasteiger partial charge in [0.05, 0.1) is 11.1 Å². The van der Waals surface area contributed by atoms with E-state index in [0.29, 0.717) is 12.1 Å². The van der Waals surface area contributed by atoms with Gasteiger partial charge >= 0.3 is 6.18 Å². The molecule has 0 aromatic heterocycles. The molecule has 1 rings (SSSR count). The number of halogens is 5. The topological polar surface area (TPSA) is 29.1 Å². The van der Waals surface area contributed by atoms with Gasteiger partial charge in [-0.05, 0) is 12.1 Å². The third-order valence-corrected chi connectivity index (χ3v) is 1.86. The van der Waals surface area contributed by atoms with Crippen LogP contribution in [0.5, 0.6) is 0 Å². The Labute approximate surface area is 87.1 Å². The maximum Gasteiger partial charge on any atom is 0.419 e. The normalized spacial score (nSPS) is 11.4. The van der Waals surface area contributed by atoms with Crippen LogP contribution in [0.3, 0.4) is 0 Å². The number of amides is 1. The maximum absolute atomic E-state index is 13.1. The molecule has 0 aliphatic carbocycles. The van der Waals surface area contributed by atoms with Crippen molar-refractivity contribution in [3.8, 4) is 0 Å². The van der Waals surface area contributed by atoms with Gasteiger partial charge in [-0.15, -0.1) is 0 Å². The third kappa shape index (κ3) is 2.12. The van der Waals surface area contributed by atoms with Crippen molar-refractivity contribution in [1.29, 1.82) is 0 Å². The molecule has 0 saturated carbocycles. The van der Waals surface area contributed by atoms with Crippen molar-refractivity contribution in [3.63, 3.8) is 0 Å². The summed E-state index contributed by atoms with van der Waals surface area (Å²) in [7, 11) is 1.15. The van der Waals surface area contributed by atoms with E-state index in [-0.39, 0.29) is 0 Å². The molecule has 0 radical (unpaired) electrons. The average Bonchev–Trinajstić information content (AvgIpc) is 2.19. The summed E-state index contributed by atoms with van der Waals surface area (Å²) in [6.45, 7) is 0. The van der Waals surface area contributed by atoms with E-state index in [2.05, 4.69) is 0 Å². The Morgan fingerprint density at radius 2 is 1.75 bits per heavy atom. The van der Waals surface area contributed by atoms with E-state index >= 15 is 0 Å². The molecule has 1 amide bonds. The van der Waals surface area contributed by atoms with Crippen molar-refractivity contribution in [2.45, 2.75) is 6.18 Å². The fourth-order valence-electron chi connectivity index (χ4n) is 1.08. The summed E-state index contributed by atoms with van der Waals surface area (Å²) in [6.07, 6.45) is -4.99. The molecule has 0 bridgehead atoms. The Bertz CT molecular complexity index is 427. The average molecular weight is 239 g/mol. The number of carbonyl (C=O) groups is 1. The van der Waals surface area contributed by atoms with Crippen LogP contribution in [-0.2, 0) is 6.18 Å². The van der Waals surface area contributed by atoms with E-state index in [9.17, 15) is 26.7 Å². The van der Waals surface area contributed by atoms with Crippen molar-refractivity contribution in [2.75, 3.05) is 7.05 Å². The van der Waals surface area contributed by atoms with Crippen molar-refractivity contribution >= 4 is 5.91 Å². The Balaban J connectivity index is 3.35. The van der Waals surface area contributed by atoms with E-state index < -0.39 is 34.8 Å². The summed E-state index contributed by atoms with van der Waals surface area (Å²) in [5, 5.41) is 1.98. The Morgan fingerprint density at radius 1 is 1.19 bits per heavy atom. The largest absolute Gasteiger partial charge is 0.419 e. The van der Waals surface area contributed by atoms with Crippen molar-refractivity contribution < 1.29 is 26.7 Å². The van der Waals surface area contributed by atoms with Crippen LogP contribution >= 0.6 is 0 Å². The maximum atomic E-state index is 13.1. The second kappa shape index (κ2) is 4.07. The van der Waals surface area contributed by atoms with Crippen LogP contribution in [0.4, 0.5) is 22.0 Å². The predicted molar refractivity (Wildman–Crippen MR) is 44.8 cm³/mol. The molecule has 0 atom stereocenters. The van der Waals surface area contributed by atoms with E-state index in [1.807, 2.05) is 5.32 Å². The molecule has 0 unspecified atom stereocenters. The summed E-state index contributed by atoms with van der Waals surface area (Å²) in [4.78, 5) is 10.9. The number of hydrogen-bond acceptors (Lipinski definition) is 1. The fraction of sp³-hybridized carbons (Fsp3) is 0.222. The summed E-state index contributed by atoms with van der Waals surface area (Å²) in [6, 6.07) is 0.906. The van der Waals surface area contributed by atoms with Gasteiger partial charge in [-0.1, -0.05) is 0 Å². The van der Waals surface area contributed by atoms with Gasteiger partial charge in [0.2, 0.25) is 0 Å². The number of benzene rings is 1. The quantitative estimate of drug-likeness (QED) is 0.749. The zero-order valence-corrected chi connectivity index (χ0v) is 7.95. The SMILES string of the molecule is CNC(=O)c1ccc(C(F)(F)F)c(F)c1F. The molecule has 1 N–H and O–H groups in total. The van der Waals surface area contributed by atoms with Gasteiger partial charge in [-0.25, -0.2) is 8.78 Å². The molecular weight excluding hydrogens is 233 g/mol. The number of hydrogen-bond donors (Lipinski definition) is 1. The highest BCUT2D eigenvalue weighted by Gasteiger charge is 2.36. The van der Waals surface area contributed by atoms with Gasteiger partial charge in [0.15, 0.2) is 11.6 Å². The number of alkyl halides is 3. The molecule has 0 saturated heterocycles. The lowest BCUT2D eigenvalue weighted by Gasteiger charge is -2.10. The molecule has 0 aliphatic heterocycles. The zero-order valence-electron chi connectivity index (χ0n) is 7.95. The van der Waals surface area contributed by atoms with Crippen LogP contribution in [0, 0.1) is 11.6 Å². The fourth-order valence-corrected chi connectivity index (χ4v) is 1.08. The first-order chi connectivity index (χ1) is 7.29. The van der Waals surface area contributed by atoms with Gasteiger partial charge in [0, 0.05) is 7.05 Å². The van der Waals surface area contributed by atoms with Gasteiger partial charge in [0.1, 0.15) is 0 Å². The molecule has 16 heavy (non-hydrogen) atoms. The van der Waals surface area contributed by atoms with Crippen LogP contribution in [0.2, 0.25) is 0 Å². The lowest BCUT2D eigenvalue weighted by atomic mass is 10.1. The molecule has 1 aromatic rings. The van der Waals surface area contributed by atoms with Crippen molar-refractivity contribution in [3.05, 3.63) is 34.9 Å². The minimum Gasteiger partial charge on any atom is -0.355 e. The Hall–Kier alpha value is -1.66. The van der Waals surface area contributed by atoms with Crippen LogP contribution in [0.1, 0.15) is 15.9 Å². The zero-order chi connectivity index (χ0) is 12.5. The Morgan fingerprint density at radius 3 is 2.19 bits per heavy atom. The summed E-state index contributed by atoms with van der Waals surface area (Å²) in [5.74, 6) is -4.88. The highest BCUT2D eigenvalue weighted by Crippen LogP contribution is 2.32. The van der Waals surface area contributed by atoms with Gasteiger partial charge < -0.3 is 5.32 Å². The molecule has 7 heteroatoms. The van der Waals surface area contributed by atoms with Gasteiger partial charge in [-0.3, -0.25) is 4.79 Å². The molecule has 0 fully saturated rings.